The number of rotatable bonds is 11. The van der Waals surface area contributed by atoms with Crippen LogP contribution in [-0.4, -0.2) is 18.4 Å². The number of para-hydroxylation sites is 1. The Bertz CT molecular complexity index is 367. The van der Waals surface area contributed by atoms with E-state index in [0.717, 1.165) is 5.69 Å². The summed E-state index contributed by atoms with van der Waals surface area (Å²) in [5, 5.41) is 0. The van der Waals surface area contributed by atoms with E-state index in [0.29, 0.717) is 0 Å². The molecule has 0 heterocycles. The van der Waals surface area contributed by atoms with Gasteiger partial charge in [0.05, 0.1) is 0 Å². The van der Waals surface area contributed by atoms with Gasteiger partial charge in [-0.1, -0.05) is 0 Å². The van der Waals surface area contributed by atoms with Crippen LogP contribution in [0.2, 0.25) is 13.3 Å². The summed E-state index contributed by atoms with van der Waals surface area (Å²) in [5.41, 5.74) is 8.73. The summed E-state index contributed by atoms with van der Waals surface area (Å²) in [7, 11) is 0. The Labute approximate surface area is 136 Å². The number of hydrogen-bond donors (Lipinski definition) is 1. The van der Waals surface area contributed by atoms with Crippen molar-refractivity contribution in [2.45, 2.75) is 77.0 Å². The fraction of sp³-hybridized carbons (Fsp3) is 0.684. The van der Waals surface area contributed by atoms with Crippen LogP contribution in [0.5, 0.6) is 0 Å². The van der Waals surface area contributed by atoms with Gasteiger partial charge in [-0.25, -0.2) is 0 Å². The van der Waals surface area contributed by atoms with Gasteiger partial charge >= 0.3 is 137 Å². The van der Waals surface area contributed by atoms with Crippen molar-refractivity contribution < 1.29 is 0 Å². The van der Waals surface area contributed by atoms with Gasteiger partial charge in [0.2, 0.25) is 0 Å². The molecule has 21 heavy (non-hydrogen) atoms. The van der Waals surface area contributed by atoms with Crippen molar-refractivity contribution in [2.24, 2.45) is 0 Å². The summed E-state index contributed by atoms with van der Waals surface area (Å²) in [6.45, 7) is 7.02. The van der Waals surface area contributed by atoms with Crippen molar-refractivity contribution in [1.82, 2.24) is 0 Å². The molecule has 0 unspecified atom stereocenters. The fourth-order valence-electron chi connectivity index (χ4n) is 3.39. The van der Waals surface area contributed by atoms with Gasteiger partial charge in [-0.2, -0.15) is 0 Å². The van der Waals surface area contributed by atoms with Crippen molar-refractivity contribution in [3.8, 4) is 0 Å². The summed E-state index contributed by atoms with van der Waals surface area (Å²) < 4.78 is 6.08. The second-order valence-corrected chi connectivity index (χ2v) is 20.5. The van der Waals surface area contributed by atoms with Crippen LogP contribution in [0.3, 0.4) is 0 Å². The summed E-state index contributed by atoms with van der Waals surface area (Å²) in [4.78, 5) is 0. The first-order valence-electron chi connectivity index (χ1n) is 9.01. The van der Waals surface area contributed by atoms with Gasteiger partial charge in [-0.05, 0) is 0 Å². The van der Waals surface area contributed by atoms with Crippen LogP contribution in [0.25, 0.3) is 0 Å². The molecule has 0 aliphatic heterocycles. The SMILES string of the molecule is CCC[CH2][Sn]([CH2]CCC)([CH2]CCC)[CH2]c1ccccc1N. The van der Waals surface area contributed by atoms with Crippen molar-refractivity contribution in [3.05, 3.63) is 29.8 Å². The number of hydrogen-bond acceptors (Lipinski definition) is 1. The number of nitrogens with two attached hydrogens (primary N) is 1. The number of nitrogen functional groups attached to an aromatic ring is 1. The van der Waals surface area contributed by atoms with Crippen LogP contribution in [0.4, 0.5) is 5.69 Å². The fourth-order valence-corrected chi connectivity index (χ4v) is 19.7. The van der Waals surface area contributed by atoms with Crippen molar-refractivity contribution >= 4 is 24.1 Å². The molecule has 0 spiro atoms. The first-order chi connectivity index (χ1) is 10.2. The molecule has 0 radical (unpaired) electrons. The van der Waals surface area contributed by atoms with E-state index in [-0.39, 0.29) is 0 Å². The van der Waals surface area contributed by atoms with Crippen LogP contribution in [0.15, 0.2) is 24.3 Å². The first kappa shape index (κ1) is 18.9. The van der Waals surface area contributed by atoms with Crippen molar-refractivity contribution in [2.75, 3.05) is 5.73 Å². The van der Waals surface area contributed by atoms with Gasteiger partial charge < -0.3 is 0 Å². The normalized spacial score (nSPS) is 11.8. The molecule has 1 aromatic carbocycles. The standard InChI is InChI=1S/C7H8N.3C4H9.Sn/c1-6-4-2-3-5-7(6)8;3*1-3-4-2;/h2-5H,1,8H2;3*1,3-4H2,2H3;. The third-order valence-corrected chi connectivity index (χ3v) is 20.1. The van der Waals surface area contributed by atoms with Crippen molar-refractivity contribution in [1.29, 1.82) is 0 Å². The minimum atomic E-state index is -2.07. The predicted molar refractivity (Wildman–Crippen MR) is 99.5 cm³/mol. The second-order valence-electron chi connectivity index (χ2n) is 6.69. The van der Waals surface area contributed by atoms with E-state index in [2.05, 4.69) is 45.0 Å². The Morgan fingerprint density at radius 2 is 1.29 bits per heavy atom. The molecule has 0 saturated carbocycles. The Kier molecular flexibility index (Phi) is 9.46. The van der Waals surface area contributed by atoms with E-state index in [1.165, 1.54) is 48.5 Å². The maximum atomic E-state index is 6.25. The molecule has 0 aliphatic carbocycles. The summed E-state index contributed by atoms with van der Waals surface area (Å²) >= 11 is -2.07. The molecule has 0 aliphatic rings. The summed E-state index contributed by atoms with van der Waals surface area (Å²) in [6.07, 6.45) is 8.37. The van der Waals surface area contributed by atoms with E-state index >= 15 is 0 Å². The molecule has 1 aromatic rings. The van der Waals surface area contributed by atoms with E-state index in [9.17, 15) is 0 Å². The summed E-state index contributed by atoms with van der Waals surface area (Å²) in [6, 6.07) is 8.61. The quantitative estimate of drug-likeness (QED) is 0.350. The molecule has 0 bridgehead atoms. The van der Waals surface area contributed by atoms with Gasteiger partial charge in [0.15, 0.2) is 0 Å². The Hall–Kier alpha value is -0.181. The van der Waals surface area contributed by atoms with Crippen LogP contribution in [-0.2, 0) is 4.44 Å². The molecular formula is C19H35NSn. The third-order valence-electron chi connectivity index (χ3n) is 4.80. The summed E-state index contributed by atoms with van der Waals surface area (Å²) in [5.74, 6) is 0. The van der Waals surface area contributed by atoms with Gasteiger partial charge in [0, 0.05) is 0 Å². The first-order valence-corrected chi connectivity index (χ1v) is 17.1. The number of anilines is 1. The van der Waals surface area contributed by atoms with Crippen LogP contribution in [0.1, 0.15) is 64.9 Å². The topological polar surface area (TPSA) is 26.0 Å². The zero-order valence-corrected chi connectivity index (χ0v) is 17.3. The molecule has 2 N–H and O–H groups in total. The molecule has 0 atom stereocenters. The zero-order chi connectivity index (χ0) is 15.6. The second kappa shape index (κ2) is 10.5. The zero-order valence-electron chi connectivity index (χ0n) is 14.5. The molecule has 0 aromatic heterocycles. The molecule has 0 saturated heterocycles. The molecule has 120 valence electrons. The average Bonchev–Trinajstić information content (AvgIpc) is 2.51. The molecule has 1 rings (SSSR count). The van der Waals surface area contributed by atoms with E-state index in [4.69, 9.17) is 5.73 Å². The average molecular weight is 396 g/mol. The molecular weight excluding hydrogens is 361 g/mol. The minimum absolute atomic E-state index is 1.03. The molecule has 0 fully saturated rings. The van der Waals surface area contributed by atoms with E-state index < -0.39 is 18.4 Å². The predicted octanol–water partition coefficient (Wildman–Crippen LogP) is 6.20. The van der Waals surface area contributed by atoms with Gasteiger partial charge in [0.25, 0.3) is 0 Å². The van der Waals surface area contributed by atoms with E-state index in [1.54, 1.807) is 13.3 Å². The Balaban J connectivity index is 2.92. The third kappa shape index (κ3) is 6.63. The van der Waals surface area contributed by atoms with Crippen LogP contribution >= 0.6 is 0 Å². The van der Waals surface area contributed by atoms with Gasteiger partial charge in [-0.3, -0.25) is 0 Å². The Morgan fingerprint density at radius 3 is 1.71 bits per heavy atom. The molecule has 1 nitrogen and oxygen atoms in total. The van der Waals surface area contributed by atoms with Crippen molar-refractivity contribution in [3.63, 3.8) is 0 Å². The molecule has 2 heteroatoms. The van der Waals surface area contributed by atoms with Gasteiger partial charge in [0.1, 0.15) is 0 Å². The Morgan fingerprint density at radius 1 is 0.810 bits per heavy atom. The monoisotopic (exact) mass is 397 g/mol. The number of benzene rings is 1. The number of unbranched alkanes of at least 4 members (excludes halogenated alkanes) is 3. The maximum absolute atomic E-state index is 6.25. The van der Waals surface area contributed by atoms with E-state index in [1.807, 2.05) is 0 Å². The van der Waals surface area contributed by atoms with Crippen LogP contribution < -0.4 is 5.73 Å². The van der Waals surface area contributed by atoms with Gasteiger partial charge in [-0.15, -0.1) is 0 Å². The van der Waals surface area contributed by atoms with Crippen LogP contribution in [0, 0.1) is 0 Å². The molecule has 0 amide bonds.